The first-order valence-electron chi connectivity index (χ1n) is 13.6. The molecule has 1 aliphatic heterocycles. The second-order valence-electron chi connectivity index (χ2n) is 9.79. The van der Waals surface area contributed by atoms with Crippen molar-refractivity contribution in [1.29, 1.82) is 0 Å². The van der Waals surface area contributed by atoms with E-state index < -0.39 is 0 Å². The number of aromatic nitrogens is 3. The van der Waals surface area contributed by atoms with Gasteiger partial charge in [-0.25, -0.2) is 0 Å². The first-order valence-corrected chi connectivity index (χ1v) is 16.0. The molecule has 2 amide bonds. The van der Waals surface area contributed by atoms with Crippen molar-refractivity contribution in [3.05, 3.63) is 90.0 Å². The second-order valence-corrected chi connectivity index (χ2v) is 12.3. The molecule has 1 fully saturated rings. The van der Waals surface area contributed by atoms with Crippen molar-refractivity contribution in [2.24, 2.45) is 0 Å². The number of hydrogen-bond donors (Lipinski definition) is 0. The molecule has 5 rings (SSSR count). The average Bonchev–Trinajstić information content (AvgIpc) is 3.42. The molecule has 212 valence electrons. The number of nitrogens with zero attached hydrogens (tertiary/aromatic N) is 5. The van der Waals surface area contributed by atoms with Gasteiger partial charge in [0.2, 0.25) is 11.8 Å². The van der Waals surface area contributed by atoms with Gasteiger partial charge in [-0.3, -0.25) is 14.2 Å². The predicted molar refractivity (Wildman–Crippen MR) is 167 cm³/mol. The Morgan fingerprint density at radius 1 is 0.878 bits per heavy atom. The van der Waals surface area contributed by atoms with Crippen LogP contribution in [-0.4, -0.2) is 73.6 Å². The van der Waals surface area contributed by atoms with Crippen LogP contribution in [0.3, 0.4) is 0 Å². The van der Waals surface area contributed by atoms with Crippen molar-refractivity contribution in [2.75, 3.05) is 31.1 Å². The maximum absolute atomic E-state index is 13.0. The van der Waals surface area contributed by atoms with Crippen LogP contribution in [-0.2, 0) is 9.59 Å². The molecule has 2 heterocycles. The molecule has 0 aliphatic carbocycles. The lowest BCUT2D eigenvalue weighted by atomic mass is 10.1. The van der Waals surface area contributed by atoms with E-state index in [1.807, 2.05) is 106 Å². The van der Waals surface area contributed by atoms with Gasteiger partial charge in [0.05, 0.1) is 10.8 Å². The van der Waals surface area contributed by atoms with Gasteiger partial charge in [-0.15, -0.1) is 22.0 Å². The third-order valence-electron chi connectivity index (χ3n) is 6.93. The van der Waals surface area contributed by atoms with Gasteiger partial charge in [0.15, 0.2) is 11.0 Å². The molecule has 4 aromatic rings. The summed E-state index contributed by atoms with van der Waals surface area (Å²) in [4.78, 5) is 30.7. The number of rotatable bonds is 10. The summed E-state index contributed by atoms with van der Waals surface area (Å²) in [5, 5.41) is 10.3. The Hall–Kier alpha value is -3.27. The Morgan fingerprint density at radius 2 is 1.59 bits per heavy atom. The van der Waals surface area contributed by atoms with Crippen LogP contribution in [0.15, 0.2) is 95.0 Å². The molecular weight excluding hydrogens is 574 g/mol. The Kier molecular flexibility index (Phi) is 10.0. The number of para-hydroxylation sites is 1. The summed E-state index contributed by atoms with van der Waals surface area (Å²) in [6.45, 7) is 3.73. The largest absolute Gasteiger partial charge is 0.339 e. The Bertz CT molecular complexity index is 1470. The number of thioether (sulfide) groups is 2. The van der Waals surface area contributed by atoms with Crippen LogP contribution in [0.1, 0.15) is 19.8 Å². The minimum atomic E-state index is -0.00129. The van der Waals surface area contributed by atoms with E-state index in [0.29, 0.717) is 49.1 Å². The fourth-order valence-corrected chi connectivity index (χ4v) is 6.75. The molecule has 1 saturated heterocycles. The monoisotopic (exact) mass is 605 g/mol. The van der Waals surface area contributed by atoms with E-state index in [-0.39, 0.29) is 17.9 Å². The Balaban J connectivity index is 1.13. The van der Waals surface area contributed by atoms with Gasteiger partial charge in [-0.1, -0.05) is 71.9 Å². The minimum absolute atomic E-state index is 0.00129. The quantitative estimate of drug-likeness (QED) is 0.156. The summed E-state index contributed by atoms with van der Waals surface area (Å²) < 4.78 is 2.02. The maximum Gasteiger partial charge on any atom is 0.233 e. The molecule has 1 unspecified atom stereocenters. The highest BCUT2D eigenvalue weighted by Crippen LogP contribution is 2.32. The number of halogens is 1. The van der Waals surface area contributed by atoms with Crippen molar-refractivity contribution in [1.82, 2.24) is 24.6 Å². The fraction of sp³-hybridized carbons (Fsp3) is 0.290. The Labute approximate surface area is 254 Å². The number of piperazine rings is 1. The van der Waals surface area contributed by atoms with Gasteiger partial charge >= 0.3 is 0 Å². The first kappa shape index (κ1) is 29.2. The van der Waals surface area contributed by atoms with Crippen LogP contribution in [0.2, 0.25) is 5.02 Å². The normalized spacial score (nSPS) is 15.2. The molecule has 1 aromatic heterocycles. The SMILES string of the molecule is CC1CN(C(=O)CCCSc2nnc(-c3ccccc3Cl)n2-c2ccccc2)CCN1C(=O)CSc1ccccc1. The van der Waals surface area contributed by atoms with Gasteiger partial charge in [0.25, 0.3) is 0 Å². The number of carbonyl (C=O) groups excluding carboxylic acids is 2. The second kappa shape index (κ2) is 14.1. The van der Waals surface area contributed by atoms with E-state index in [1.165, 1.54) is 0 Å². The zero-order valence-electron chi connectivity index (χ0n) is 22.9. The highest BCUT2D eigenvalue weighted by atomic mass is 35.5. The van der Waals surface area contributed by atoms with E-state index in [1.54, 1.807) is 23.5 Å². The standard InChI is InChI=1S/C31H32ClN5O2S2/c1-23-21-35(18-19-36(23)29(39)22-41-25-13-6-3-7-14-25)28(38)17-10-20-40-31-34-33-30(26-15-8-9-16-27(26)32)37(31)24-11-4-2-5-12-24/h2-9,11-16,23H,10,17-22H2,1H3. The van der Waals surface area contributed by atoms with Crippen molar-refractivity contribution >= 4 is 46.9 Å². The van der Waals surface area contributed by atoms with Crippen molar-refractivity contribution in [3.63, 3.8) is 0 Å². The molecule has 0 radical (unpaired) electrons. The topological polar surface area (TPSA) is 71.3 Å². The third kappa shape index (κ3) is 7.33. The molecule has 0 N–H and O–H groups in total. The number of benzene rings is 3. The van der Waals surface area contributed by atoms with Gasteiger partial charge in [0.1, 0.15) is 0 Å². The van der Waals surface area contributed by atoms with E-state index in [2.05, 4.69) is 10.2 Å². The van der Waals surface area contributed by atoms with Crippen LogP contribution in [0, 0.1) is 0 Å². The van der Waals surface area contributed by atoms with E-state index in [0.717, 1.165) is 27.1 Å². The fourth-order valence-electron chi connectivity index (χ4n) is 4.83. The van der Waals surface area contributed by atoms with Crippen LogP contribution >= 0.6 is 35.1 Å². The molecule has 0 bridgehead atoms. The molecule has 1 aliphatic rings. The van der Waals surface area contributed by atoms with Crippen LogP contribution < -0.4 is 0 Å². The summed E-state index contributed by atoms with van der Waals surface area (Å²) in [7, 11) is 0. The van der Waals surface area contributed by atoms with E-state index in [9.17, 15) is 9.59 Å². The van der Waals surface area contributed by atoms with Gasteiger partial charge < -0.3 is 9.80 Å². The van der Waals surface area contributed by atoms with Crippen molar-refractivity contribution in [3.8, 4) is 17.1 Å². The number of hydrogen-bond acceptors (Lipinski definition) is 6. The van der Waals surface area contributed by atoms with Gasteiger partial charge in [-0.2, -0.15) is 0 Å². The molecule has 0 spiro atoms. The molecule has 3 aromatic carbocycles. The molecule has 10 heteroatoms. The molecule has 1 atom stereocenters. The zero-order chi connectivity index (χ0) is 28.6. The smallest absolute Gasteiger partial charge is 0.233 e. The van der Waals surface area contributed by atoms with Crippen LogP contribution in [0.25, 0.3) is 17.1 Å². The number of amides is 2. The van der Waals surface area contributed by atoms with Crippen molar-refractivity contribution < 1.29 is 9.59 Å². The lowest BCUT2D eigenvalue weighted by molar-refractivity contribution is -0.140. The van der Waals surface area contributed by atoms with E-state index in [4.69, 9.17) is 11.6 Å². The van der Waals surface area contributed by atoms with Gasteiger partial charge in [0, 0.05) is 54.0 Å². The molecule has 41 heavy (non-hydrogen) atoms. The first-order chi connectivity index (χ1) is 20.0. The highest BCUT2D eigenvalue weighted by molar-refractivity contribution is 8.00. The van der Waals surface area contributed by atoms with Crippen molar-refractivity contribution in [2.45, 2.75) is 35.9 Å². The zero-order valence-corrected chi connectivity index (χ0v) is 25.2. The summed E-state index contributed by atoms with van der Waals surface area (Å²) in [6.07, 6.45) is 1.17. The summed E-state index contributed by atoms with van der Waals surface area (Å²) >= 11 is 9.62. The maximum atomic E-state index is 13.0. The third-order valence-corrected chi connectivity index (χ3v) is 9.28. The Morgan fingerprint density at radius 3 is 2.32 bits per heavy atom. The average molecular weight is 606 g/mol. The van der Waals surface area contributed by atoms with E-state index >= 15 is 0 Å². The summed E-state index contributed by atoms with van der Waals surface area (Å²) in [5.41, 5.74) is 1.77. The molecule has 7 nitrogen and oxygen atoms in total. The lowest BCUT2D eigenvalue weighted by Crippen LogP contribution is -2.55. The minimum Gasteiger partial charge on any atom is -0.339 e. The predicted octanol–water partition coefficient (Wildman–Crippen LogP) is 6.31. The molecular formula is C31H32ClN5O2S2. The van der Waals surface area contributed by atoms with Crippen LogP contribution in [0.5, 0.6) is 0 Å². The number of carbonyl (C=O) groups is 2. The van der Waals surface area contributed by atoms with Gasteiger partial charge in [-0.05, 0) is 49.7 Å². The summed E-state index contributed by atoms with van der Waals surface area (Å²) in [5.74, 6) is 2.07. The summed E-state index contributed by atoms with van der Waals surface area (Å²) in [6, 6.07) is 27.5. The van der Waals surface area contributed by atoms with Crippen LogP contribution in [0.4, 0.5) is 0 Å². The lowest BCUT2D eigenvalue weighted by Gasteiger charge is -2.40. The molecule has 0 saturated carbocycles. The highest BCUT2D eigenvalue weighted by Gasteiger charge is 2.29.